The third-order valence-corrected chi connectivity index (χ3v) is 5.86. The van der Waals surface area contributed by atoms with Gasteiger partial charge in [0.2, 0.25) is 0 Å². The van der Waals surface area contributed by atoms with E-state index in [0.717, 1.165) is 49.9 Å². The topological polar surface area (TPSA) is 51.5 Å². The van der Waals surface area contributed by atoms with Crippen molar-refractivity contribution in [2.24, 2.45) is 5.92 Å². The van der Waals surface area contributed by atoms with Gasteiger partial charge in [0.1, 0.15) is 11.4 Å². The Kier molecular flexibility index (Phi) is 4.89. The number of ether oxygens (including phenoxy) is 1. The number of rotatable bonds is 4. The monoisotopic (exact) mass is 386 g/mol. The number of hydrogen-bond donors (Lipinski definition) is 0. The first-order chi connectivity index (χ1) is 13.4. The van der Waals surface area contributed by atoms with Crippen LogP contribution in [0.15, 0.2) is 16.9 Å². The molecule has 0 spiro atoms. The number of aromatic nitrogens is 1. The van der Waals surface area contributed by atoms with Gasteiger partial charge in [0, 0.05) is 24.5 Å². The average molecular weight is 386 g/mol. The Morgan fingerprint density at radius 3 is 2.68 bits per heavy atom. The van der Waals surface area contributed by atoms with Gasteiger partial charge in [-0.3, -0.25) is 4.79 Å². The number of piperidine rings is 1. The Balaban J connectivity index is 1.95. The zero-order chi connectivity index (χ0) is 20.0. The minimum atomic E-state index is -0.643. The summed E-state index contributed by atoms with van der Waals surface area (Å²) >= 11 is 0. The molecule has 2 heterocycles. The van der Waals surface area contributed by atoms with E-state index in [-0.39, 0.29) is 29.6 Å². The van der Waals surface area contributed by atoms with Gasteiger partial charge in [0.25, 0.3) is 5.56 Å². The Morgan fingerprint density at radius 1 is 1.29 bits per heavy atom. The molecule has 1 aliphatic heterocycles. The van der Waals surface area contributed by atoms with E-state index in [9.17, 15) is 9.59 Å². The molecular formula is C22H27FN2O3. The summed E-state index contributed by atoms with van der Waals surface area (Å²) in [6, 6.07) is 3.03. The minimum absolute atomic E-state index is 0.0144. The van der Waals surface area contributed by atoms with Gasteiger partial charge in [-0.2, -0.15) is 0 Å². The third-order valence-electron chi connectivity index (χ3n) is 5.86. The number of fused-ring (bicyclic) bond motifs is 1. The number of aryl methyl sites for hydroxylation is 1. The van der Waals surface area contributed by atoms with Crippen molar-refractivity contribution < 1.29 is 13.9 Å². The second-order valence-corrected chi connectivity index (χ2v) is 8.15. The summed E-state index contributed by atoms with van der Waals surface area (Å²) in [6.07, 6.45) is 3.98. The highest BCUT2D eigenvalue weighted by atomic mass is 19.1. The lowest BCUT2D eigenvalue weighted by atomic mass is 9.97. The van der Waals surface area contributed by atoms with Gasteiger partial charge in [0.05, 0.1) is 17.8 Å². The van der Waals surface area contributed by atoms with Gasteiger partial charge in [-0.25, -0.2) is 9.18 Å². The maximum Gasteiger partial charge on any atom is 0.343 e. The molecule has 1 aromatic carbocycles. The number of carbonyl (C=O) groups excluding carboxylic acids is 1. The van der Waals surface area contributed by atoms with E-state index in [1.807, 2.05) is 6.92 Å². The van der Waals surface area contributed by atoms with E-state index in [0.29, 0.717) is 17.0 Å². The molecule has 6 heteroatoms. The molecule has 2 aliphatic rings. The molecule has 1 atom stereocenters. The smallest absolute Gasteiger partial charge is 0.343 e. The standard InChI is InChI=1S/C22H27FN2O3/c1-4-28-22(27)17-10-15-11-18(23)20(24-9-5-6-13(2)12-24)14(3)19(15)25(21(17)26)16-7-8-16/h10-11,13,16H,4-9,12H2,1-3H3. The van der Waals surface area contributed by atoms with E-state index in [4.69, 9.17) is 4.74 Å². The van der Waals surface area contributed by atoms with Crippen LogP contribution in [-0.4, -0.2) is 30.2 Å². The fraction of sp³-hybridized carbons (Fsp3) is 0.545. The van der Waals surface area contributed by atoms with Crippen LogP contribution in [0.2, 0.25) is 0 Å². The van der Waals surface area contributed by atoms with E-state index in [2.05, 4.69) is 11.8 Å². The van der Waals surface area contributed by atoms with Crippen molar-refractivity contribution in [3.63, 3.8) is 0 Å². The summed E-state index contributed by atoms with van der Waals surface area (Å²) in [7, 11) is 0. The zero-order valence-corrected chi connectivity index (χ0v) is 16.8. The maximum absolute atomic E-state index is 15.2. The Morgan fingerprint density at radius 2 is 2.04 bits per heavy atom. The van der Waals surface area contributed by atoms with Crippen LogP contribution < -0.4 is 10.5 Å². The van der Waals surface area contributed by atoms with Crippen LogP contribution in [0.1, 0.15) is 61.5 Å². The van der Waals surface area contributed by atoms with Crippen molar-refractivity contribution in [1.82, 2.24) is 4.57 Å². The normalized spacial score (nSPS) is 19.9. The van der Waals surface area contributed by atoms with Crippen LogP contribution in [0.25, 0.3) is 10.9 Å². The molecule has 0 N–H and O–H groups in total. The van der Waals surface area contributed by atoms with Gasteiger partial charge in [-0.05, 0) is 63.1 Å². The van der Waals surface area contributed by atoms with E-state index < -0.39 is 5.97 Å². The first kappa shape index (κ1) is 19.0. The highest BCUT2D eigenvalue weighted by molar-refractivity contribution is 5.96. The highest BCUT2D eigenvalue weighted by Gasteiger charge is 2.31. The van der Waals surface area contributed by atoms with E-state index in [1.165, 1.54) is 12.1 Å². The molecule has 1 saturated carbocycles. The predicted molar refractivity (Wildman–Crippen MR) is 108 cm³/mol. The van der Waals surface area contributed by atoms with Crippen LogP contribution in [0, 0.1) is 18.7 Å². The molecule has 1 aliphatic carbocycles. The number of pyridine rings is 1. The molecule has 2 fully saturated rings. The Labute approximate surface area is 164 Å². The molecule has 0 bridgehead atoms. The first-order valence-corrected chi connectivity index (χ1v) is 10.2. The molecule has 1 saturated heterocycles. The fourth-order valence-corrected chi connectivity index (χ4v) is 4.48. The number of anilines is 1. The molecule has 1 unspecified atom stereocenters. The Hall–Kier alpha value is -2.37. The SMILES string of the molecule is CCOC(=O)c1cc2cc(F)c(N3CCCC(C)C3)c(C)c2n(C2CC2)c1=O. The highest BCUT2D eigenvalue weighted by Crippen LogP contribution is 2.40. The van der Waals surface area contributed by atoms with Gasteiger partial charge in [-0.15, -0.1) is 0 Å². The number of nitrogens with zero attached hydrogens (tertiary/aromatic N) is 2. The van der Waals surface area contributed by atoms with Gasteiger partial charge < -0.3 is 14.2 Å². The quantitative estimate of drug-likeness (QED) is 0.739. The summed E-state index contributed by atoms with van der Waals surface area (Å²) in [4.78, 5) is 27.5. The molecule has 0 radical (unpaired) electrons. The van der Waals surface area contributed by atoms with Crippen molar-refractivity contribution in [2.45, 2.75) is 52.5 Å². The fourth-order valence-electron chi connectivity index (χ4n) is 4.48. The average Bonchev–Trinajstić information content (AvgIpc) is 3.47. The van der Waals surface area contributed by atoms with Crippen molar-refractivity contribution in [2.75, 3.05) is 24.6 Å². The van der Waals surface area contributed by atoms with Crippen LogP contribution in [0.3, 0.4) is 0 Å². The van der Waals surface area contributed by atoms with Crippen molar-refractivity contribution in [1.29, 1.82) is 0 Å². The summed E-state index contributed by atoms with van der Waals surface area (Å²) < 4.78 is 21.9. The molecule has 2 aromatic rings. The molecule has 28 heavy (non-hydrogen) atoms. The molecule has 4 rings (SSSR count). The molecule has 150 valence electrons. The second kappa shape index (κ2) is 7.22. The third kappa shape index (κ3) is 3.19. The number of halogens is 1. The predicted octanol–water partition coefficient (Wildman–Crippen LogP) is 4.20. The summed E-state index contributed by atoms with van der Waals surface area (Å²) in [6.45, 7) is 7.61. The van der Waals surface area contributed by atoms with Crippen LogP contribution in [0.4, 0.5) is 10.1 Å². The first-order valence-electron chi connectivity index (χ1n) is 10.2. The largest absolute Gasteiger partial charge is 0.462 e. The van der Waals surface area contributed by atoms with Gasteiger partial charge >= 0.3 is 5.97 Å². The zero-order valence-electron chi connectivity index (χ0n) is 16.8. The van der Waals surface area contributed by atoms with Gasteiger partial charge in [0.15, 0.2) is 0 Å². The second-order valence-electron chi connectivity index (χ2n) is 8.15. The van der Waals surface area contributed by atoms with Crippen LogP contribution >= 0.6 is 0 Å². The summed E-state index contributed by atoms with van der Waals surface area (Å²) in [5.41, 5.74) is 1.77. The number of carbonyl (C=O) groups is 1. The molecular weight excluding hydrogens is 359 g/mol. The molecule has 0 amide bonds. The number of benzene rings is 1. The molecule has 1 aromatic heterocycles. The van der Waals surface area contributed by atoms with Gasteiger partial charge in [-0.1, -0.05) is 6.92 Å². The lowest BCUT2D eigenvalue weighted by Gasteiger charge is -2.34. The summed E-state index contributed by atoms with van der Waals surface area (Å²) in [5, 5.41) is 0.582. The lowest BCUT2D eigenvalue weighted by molar-refractivity contribution is 0.0524. The van der Waals surface area contributed by atoms with Crippen molar-refractivity contribution >= 4 is 22.6 Å². The maximum atomic E-state index is 15.2. The summed E-state index contributed by atoms with van der Waals surface area (Å²) in [5.74, 6) is -0.425. The van der Waals surface area contributed by atoms with Crippen LogP contribution in [-0.2, 0) is 4.74 Å². The minimum Gasteiger partial charge on any atom is -0.462 e. The van der Waals surface area contributed by atoms with E-state index in [1.54, 1.807) is 11.5 Å². The number of hydrogen-bond acceptors (Lipinski definition) is 4. The van der Waals surface area contributed by atoms with Crippen LogP contribution in [0.5, 0.6) is 0 Å². The van der Waals surface area contributed by atoms with E-state index >= 15 is 4.39 Å². The lowest BCUT2D eigenvalue weighted by Crippen LogP contribution is -2.35. The molecule has 5 nitrogen and oxygen atoms in total. The van der Waals surface area contributed by atoms with Crippen molar-refractivity contribution in [3.05, 3.63) is 39.4 Å². The number of esters is 1. The Bertz CT molecular complexity index is 994. The van der Waals surface area contributed by atoms with Crippen molar-refractivity contribution in [3.8, 4) is 0 Å².